The minimum Gasteiger partial charge on any atom is -0.497 e. The highest BCUT2D eigenvalue weighted by Crippen LogP contribution is 2.50. The molecule has 6 heteroatoms. The fourth-order valence-electron chi connectivity index (χ4n) is 5.80. The molecule has 1 aromatic carbocycles. The molecule has 0 bridgehead atoms. The van der Waals surface area contributed by atoms with E-state index in [-0.39, 0.29) is 17.1 Å². The molecular formula is C24H29N3O3. The standard InChI is InChI=1S/C24H29N3O3/c1-29-18-7-8-20-19(14-18)25-24(21-6-3-11-27(20)21)15-23(30-16-24)9-12-26(13-10-23)22(28)17-4-2-5-17/h3,6-8,11,14,17,25H,2,4-5,9-10,12-13,15-16H2,1H3. The summed E-state index contributed by atoms with van der Waals surface area (Å²) in [5, 5.41) is 3.83. The number of methoxy groups -OCH3 is 1. The number of hydrogen-bond acceptors (Lipinski definition) is 4. The first kappa shape index (κ1) is 18.3. The van der Waals surface area contributed by atoms with Crippen molar-refractivity contribution in [2.45, 2.75) is 49.7 Å². The number of hydrogen-bond donors (Lipinski definition) is 1. The van der Waals surface area contributed by atoms with Gasteiger partial charge in [-0.05, 0) is 49.9 Å². The molecule has 4 heterocycles. The lowest BCUT2D eigenvalue weighted by Crippen LogP contribution is -2.50. The van der Waals surface area contributed by atoms with Crippen LogP contribution in [0.4, 0.5) is 5.69 Å². The first-order chi connectivity index (χ1) is 14.6. The highest BCUT2D eigenvalue weighted by molar-refractivity contribution is 5.79. The monoisotopic (exact) mass is 407 g/mol. The molecule has 0 radical (unpaired) electrons. The van der Waals surface area contributed by atoms with Crippen molar-refractivity contribution in [2.75, 3.05) is 32.1 Å². The molecule has 1 unspecified atom stereocenters. The number of nitrogens with one attached hydrogen (secondary N) is 1. The van der Waals surface area contributed by atoms with E-state index in [1.54, 1.807) is 7.11 Å². The number of anilines is 1. The smallest absolute Gasteiger partial charge is 0.225 e. The zero-order chi connectivity index (χ0) is 20.3. The first-order valence-corrected chi connectivity index (χ1v) is 11.2. The highest BCUT2D eigenvalue weighted by Gasteiger charge is 2.54. The molecule has 1 aromatic heterocycles. The molecule has 2 saturated heterocycles. The van der Waals surface area contributed by atoms with E-state index >= 15 is 0 Å². The lowest BCUT2D eigenvalue weighted by Gasteiger charge is -2.42. The Morgan fingerprint density at radius 1 is 1.23 bits per heavy atom. The molecule has 3 fully saturated rings. The van der Waals surface area contributed by atoms with Crippen LogP contribution in [0.1, 0.15) is 44.2 Å². The number of benzene rings is 1. The number of piperidine rings is 1. The van der Waals surface area contributed by atoms with E-state index in [2.05, 4.69) is 45.2 Å². The average Bonchev–Trinajstić information content (AvgIpc) is 3.34. The van der Waals surface area contributed by atoms with Gasteiger partial charge in [0.2, 0.25) is 5.91 Å². The molecule has 1 saturated carbocycles. The van der Waals surface area contributed by atoms with E-state index in [0.29, 0.717) is 12.5 Å². The molecule has 6 rings (SSSR count). The van der Waals surface area contributed by atoms with E-state index in [4.69, 9.17) is 9.47 Å². The highest BCUT2D eigenvalue weighted by atomic mass is 16.5. The van der Waals surface area contributed by atoms with Crippen molar-refractivity contribution in [3.05, 3.63) is 42.2 Å². The summed E-state index contributed by atoms with van der Waals surface area (Å²) in [5.41, 5.74) is 3.07. The third-order valence-corrected chi connectivity index (χ3v) is 7.77. The summed E-state index contributed by atoms with van der Waals surface area (Å²) in [7, 11) is 1.70. The van der Waals surface area contributed by atoms with Crippen molar-refractivity contribution in [1.82, 2.24) is 9.47 Å². The lowest BCUT2D eigenvalue weighted by molar-refractivity contribution is -0.142. The normalized spacial score (nSPS) is 26.8. The summed E-state index contributed by atoms with van der Waals surface area (Å²) in [5.74, 6) is 1.50. The van der Waals surface area contributed by atoms with Gasteiger partial charge in [-0.3, -0.25) is 4.79 Å². The summed E-state index contributed by atoms with van der Waals surface area (Å²) in [6, 6.07) is 10.5. The average molecular weight is 408 g/mol. The van der Waals surface area contributed by atoms with Crippen molar-refractivity contribution in [1.29, 1.82) is 0 Å². The van der Waals surface area contributed by atoms with Gasteiger partial charge < -0.3 is 24.3 Å². The van der Waals surface area contributed by atoms with Crippen LogP contribution in [0, 0.1) is 5.92 Å². The molecule has 1 amide bonds. The minimum atomic E-state index is -0.247. The zero-order valence-corrected chi connectivity index (χ0v) is 17.5. The third kappa shape index (κ3) is 2.62. The number of fused-ring (bicyclic) bond motifs is 4. The Bertz CT molecular complexity index is 987. The maximum atomic E-state index is 12.7. The Morgan fingerprint density at radius 2 is 2.07 bits per heavy atom. The Hall–Kier alpha value is -2.47. The van der Waals surface area contributed by atoms with Gasteiger partial charge in [0, 0.05) is 37.7 Å². The van der Waals surface area contributed by atoms with Crippen LogP contribution < -0.4 is 10.1 Å². The Labute approximate surface area is 177 Å². The second kappa shape index (κ2) is 6.51. The van der Waals surface area contributed by atoms with Crippen molar-refractivity contribution < 1.29 is 14.3 Å². The summed E-state index contributed by atoms with van der Waals surface area (Å²) in [4.78, 5) is 14.7. The fourth-order valence-corrected chi connectivity index (χ4v) is 5.80. The van der Waals surface area contributed by atoms with Crippen molar-refractivity contribution >= 4 is 11.6 Å². The number of aromatic nitrogens is 1. The molecule has 2 aromatic rings. The van der Waals surface area contributed by atoms with Gasteiger partial charge in [0.25, 0.3) is 0 Å². The quantitative estimate of drug-likeness (QED) is 0.825. The zero-order valence-electron chi connectivity index (χ0n) is 17.5. The van der Waals surface area contributed by atoms with Crippen LogP contribution in [0.2, 0.25) is 0 Å². The topological polar surface area (TPSA) is 55.7 Å². The first-order valence-electron chi connectivity index (χ1n) is 11.2. The number of rotatable bonds is 2. The van der Waals surface area contributed by atoms with Crippen molar-refractivity contribution in [3.8, 4) is 11.4 Å². The molecule has 4 aliphatic rings. The fraction of sp³-hybridized carbons (Fsp3) is 0.542. The van der Waals surface area contributed by atoms with E-state index < -0.39 is 0 Å². The second-order valence-corrected chi connectivity index (χ2v) is 9.46. The number of likely N-dealkylation sites (tertiary alicyclic amines) is 1. The van der Waals surface area contributed by atoms with Crippen LogP contribution >= 0.6 is 0 Å². The van der Waals surface area contributed by atoms with Crippen LogP contribution in [0.5, 0.6) is 5.75 Å². The maximum absolute atomic E-state index is 12.7. The van der Waals surface area contributed by atoms with E-state index in [1.807, 2.05) is 6.07 Å². The molecular weight excluding hydrogens is 378 g/mol. The van der Waals surface area contributed by atoms with Gasteiger partial charge in [0.1, 0.15) is 11.3 Å². The predicted molar refractivity (Wildman–Crippen MR) is 114 cm³/mol. The van der Waals surface area contributed by atoms with Crippen LogP contribution in [0.15, 0.2) is 36.5 Å². The lowest BCUT2D eigenvalue weighted by atomic mass is 9.78. The Balaban J connectivity index is 1.25. The molecule has 3 aliphatic heterocycles. The molecule has 1 atom stereocenters. The number of carbonyl (C=O) groups is 1. The Kier molecular flexibility index (Phi) is 3.97. The van der Waals surface area contributed by atoms with Crippen molar-refractivity contribution in [2.24, 2.45) is 5.92 Å². The second-order valence-electron chi connectivity index (χ2n) is 9.46. The number of ether oxygens (including phenoxy) is 2. The van der Waals surface area contributed by atoms with E-state index in [9.17, 15) is 4.79 Å². The van der Waals surface area contributed by atoms with Crippen LogP contribution in [-0.2, 0) is 15.1 Å². The summed E-state index contributed by atoms with van der Waals surface area (Å²) >= 11 is 0. The molecule has 2 spiro atoms. The number of nitrogens with zero attached hydrogens (tertiary/aromatic N) is 2. The van der Waals surface area contributed by atoms with Crippen LogP contribution in [0.3, 0.4) is 0 Å². The third-order valence-electron chi connectivity index (χ3n) is 7.77. The maximum Gasteiger partial charge on any atom is 0.225 e. The molecule has 1 N–H and O–H groups in total. The summed E-state index contributed by atoms with van der Waals surface area (Å²) in [6.45, 7) is 2.28. The number of carbonyl (C=O) groups excluding carboxylic acids is 1. The van der Waals surface area contributed by atoms with Gasteiger partial charge in [-0.2, -0.15) is 0 Å². The molecule has 158 valence electrons. The van der Waals surface area contributed by atoms with Gasteiger partial charge in [0.05, 0.1) is 36.4 Å². The Morgan fingerprint density at radius 3 is 2.80 bits per heavy atom. The SMILES string of the molecule is COc1ccc2c(c1)NC1(COC3(CCN(C(=O)C4CCC4)CC3)C1)c1cccn1-2. The molecule has 1 aliphatic carbocycles. The van der Waals surface area contributed by atoms with Gasteiger partial charge in [0.15, 0.2) is 0 Å². The minimum absolute atomic E-state index is 0.158. The largest absolute Gasteiger partial charge is 0.497 e. The van der Waals surface area contributed by atoms with Gasteiger partial charge in [-0.15, -0.1) is 0 Å². The van der Waals surface area contributed by atoms with Crippen LogP contribution in [-0.4, -0.2) is 47.8 Å². The van der Waals surface area contributed by atoms with Gasteiger partial charge >= 0.3 is 0 Å². The summed E-state index contributed by atoms with van der Waals surface area (Å²) < 4.78 is 14.3. The molecule has 6 nitrogen and oxygen atoms in total. The van der Waals surface area contributed by atoms with Gasteiger partial charge in [-0.25, -0.2) is 0 Å². The van der Waals surface area contributed by atoms with Crippen molar-refractivity contribution in [3.63, 3.8) is 0 Å². The predicted octanol–water partition coefficient (Wildman–Crippen LogP) is 3.69. The summed E-state index contributed by atoms with van der Waals surface area (Å²) in [6.07, 6.45) is 8.24. The van der Waals surface area contributed by atoms with Crippen LogP contribution in [0.25, 0.3) is 5.69 Å². The van der Waals surface area contributed by atoms with Gasteiger partial charge in [-0.1, -0.05) is 6.42 Å². The molecule has 30 heavy (non-hydrogen) atoms. The number of amides is 1. The van der Waals surface area contributed by atoms with E-state index in [0.717, 1.165) is 62.3 Å². The van der Waals surface area contributed by atoms with E-state index in [1.165, 1.54) is 12.1 Å².